The summed E-state index contributed by atoms with van der Waals surface area (Å²) in [6.07, 6.45) is 0.551. The summed E-state index contributed by atoms with van der Waals surface area (Å²) in [5.41, 5.74) is 0.893. The third kappa shape index (κ3) is 1.53. The molecule has 0 saturated carbocycles. The van der Waals surface area contributed by atoms with Crippen molar-refractivity contribution in [3.8, 4) is 0 Å². The molecule has 0 radical (unpaired) electrons. The van der Waals surface area contributed by atoms with E-state index in [1.165, 1.54) is 17.2 Å². The summed E-state index contributed by atoms with van der Waals surface area (Å²) in [6, 6.07) is 2.94. The standard InChI is InChI=1S/C9H9FN2O2/c10-8-2-1-6(3-11-8)7-4-12(5-7)9(13)14/h1-3,7H,4-5H2,(H,13,14). The third-order valence-corrected chi connectivity index (χ3v) is 2.37. The quantitative estimate of drug-likeness (QED) is 0.689. The minimum absolute atomic E-state index is 0.166. The van der Waals surface area contributed by atoms with Gasteiger partial charge >= 0.3 is 6.09 Å². The van der Waals surface area contributed by atoms with Gasteiger partial charge in [0.2, 0.25) is 5.95 Å². The third-order valence-electron chi connectivity index (χ3n) is 2.37. The molecule has 0 aliphatic carbocycles. The molecule has 1 N–H and O–H groups in total. The maximum absolute atomic E-state index is 12.5. The van der Waals surface area contributed by atoms with Crippen LogP contribution in [0.1, 0.15) is 11.5 Å². The predicted molar refractivity (Wildman–Crippen MR) is 46.5 cm³/mol. The SMILES string of the molecule is O=C(O)N1CC(c2ccc(F)nc2)C1. The Bertz CT molecular complexity index is 346. The van der Waals surface area contributed by atoms with E-state index in [9.17, 15) is 9.18 Å². The maximum atomic E-state index is 12.5. The Morgan fingerprint density at radius 3 is 2.79 bits per heavy atom. The van der Waals surface area contributed by atoms with Crippen LogP contribution in [0.25, 0.3) is 0 Å². The molecule has 1 aromatic heterocycles. The maximum Gasteiger partial charge on any atom is 0.407 e. The first kappa shape index (κ1) is 8.93. The molecule has 74 valence electrons. The normalized spacial score (nSPS) is 16.5. The highest BCUT2D eigenvalue weighted by atomic mass is 19.1. The van der Waals surface area contributed by atoms with Gasteiger partial charge in [0.15, 0.2) is 0 Å². The molecule has 1 fully saturated rings. The number of pyridine rings is 1. The zero-order chi connectivity index (χ0) is 10.1. The van der Waals surface area contributed by atoms with Crippen LogP contribution in [0.15, 0.2) is 18.3 Å². The van der Waals surface area contributed by atoms with Gasteiger partial charge in [0.1, 0.15) is 0 Å². The van der Waals surface area contributed by atoms with Crippen molar-refractivity contribution in [1.82, 2.24) is 9.88 Å². The first-order chi connectivity index (χ1) is 6.66. The first-order valence-corrected chi connectivity index (χ1v) is 4.26. The van der Waals surface area contributed by atoms with Crippen molar-refractivity contribution < 1.29 is 14.3 Å². The van der Waals surface area contributed by atoms with Gasteiger partial charge < -0.3 is 10.0 Å². The molecule has 14 heavy (non-hydrogen) atoms. The number of amides is 1. The summed E-state index contributed by atoms with van der Waals surface area (Å²) in [5.74, 6) is -0.345. The minimum atomic E-state index is -0.906. The molecule has 4 nitrogen and oxygen atoms in total. The molecule has 0 atom stereocenters. The van der Waals surface area contributed by atoms with Crippen LogP contribution in [0.5, 0.6) is 0 Å². The van der Waals surface area contributed by atoms with E-state index in [-0.39, 0.29) is 5.92 Å². The van der Waals surface area contributed by atoms with E-state index in [4.69, 9.17) is 5.11 Å². The summed E-state index contributed by atoms with van der Waals surface area (Å²) < 4.78 is 12.5. The van der Waals surface area contributed by atoms with Crippen molar-refractivity contribution >= 4 is 6.09 Å². The number of halogens is 1. The van der Waals surface area contributed by atoms with Gasteiger partial charge in [-0.25, -0.2) is 9.78 Å². The second-order valence-electron chi connectivity index (χ2n) is 3.30. The monoisotopic (exact) mass is 196 g/mol. The van der Waals surface area contributed by atoms with Gasteiger partial charge in [0, 0.05) is 25.2 Å². The highest BCUT2D eigenvalue weighted by Crippen LogP contribution is 2.26. The molecule has 1 saturated heterocycles. The number of carboxylic acid groups (broad SMARTS) is 1. The van der Waals surface area contributed by atoms with Gasteiger partial charge in [-0.05, 0) is 11.6 Å². The van der Waals surface area contributed by atoms with E-state index in [0.29, 0.717) is 13.1 Å². The number of carbonyl (C=O) groups is 1. The van der Waals surface area contributed by atoms with Gasteiger partial charge in [0.05, 0.1) is 0 Å². The fourth-order valence-electron chi connectivity index (χ4n) is 1.47. The summed E-state index contributed by atoms with van der Waals surface area (Å²) in [7, 11) is 0. The molecule has 0 spiro atoms. The van der Waals surface area contributed by atoms with Crippen LogP contribution in [-0.2, 0) is 0 Å². The van der Waals surface area contributed by atoms with Crippen LogP contribution in [-0.4, -0.2) is 34.2 Å². The average molecular weight is 196 g/mol. The van der Waals surface area contributed by atoms with Crippen molar-refractivity contribution in [3.63, 3.8) is 0 Å². The summed E-state index contributed by atoms with van der Waals surface area (Å²) in [5, 5.41) is 8.59. The van der Waals surface area contributed by atoms with E-state index in [1.807, 2.05) is 0 Å². The van der Waals surface area contributed by atoms with Crippen LogP contribution in [0.2, 0.25) is 0 Å². The highest BCUT2D eigenvalue weighted by Gasteiger charge is 2.31. The average Bonchev–Trinajstić information content (AvgIpc) is 2.05. The number of hydrogen-bond donors (Lipinski definition) is 1. The summed E-state index contributed by atoms with van der Waals surface area (Å²) in [4.78, 5) is 15.3. The largest absolute Gasteiger partial charge is 0.465 e. The van der Waals surface area contributed by atoms with Crippen LogP contribution in [0.4, 0.5) is 9.18 Å². The molecule has 5 heteroatoms. The number of aromatic nitrogens is 1. The molecule has 1 aromatic rings. The zero-order valence-corrected chi connectivity index (χ0v) is 7.35. The molecular formula is C9H9FN2O2. The van der Waals surface area contributed by atoms with Crippen LogP contribution in [0, 0.1) is 5.95 Å². The molecule has 2 heterocycles. The minimum Gasteiger partial charge on any atom is -0.465 e. The van der Waals surface area contributed by atoms with Crippen molar-refractivity contribution in [2.24, 2.45) is 0 Å². The van der Waals surface area contributed by atoms with Crippen LogP contribution >= 0.6 is 0 Å². The molecule has 0 bridgehead atoms. The number of rotatable bonds is 1. The second kappa shape index (κ2) is 3.25. The van der Waals surface area contributed by atoms with E-state index in [0.717, 1.165) is 5.56 Å². The first-order valence-electron chi connectivity index (χ1n) is 4.26. The van der Waals surface area contributed by atoms with Crippen LogP contribution in [0.3, 0.4) is 0 Å². The molecule has 1 amide bonds. The number of nitrogens with zero attached hydrogens (tertiary/aromatic N) is 2. The van der Waals surface area contributed by atoms with E-state index >= 15 is 0 Å². The predicted octanol–water partition coefficient (Wildman–Crippen LogP) is 1.30. The lowest BCUT2D eigenvalue weighted by Crippen LogP contribution is -2.47. The Morgan fingerprint density at radius 2 is 2.29 bits per heavy atom. The molecule has 1 aliphatic heterocycles. The van der Waals surface area contributed by atoms with Crippen molar-refractivity contribution in [1.29, 1.82) is 0 Å². The van der Waals surface area contributed by atoms with Gasteiger partial charge in [-0.15, -0.1) is 0 Å². The smallest absolute Gasteiger partial charge is 0.407 e. The summed E-state index contributed by atoms with van der Waals surface area (Å²) in [6.45, 7) is 0.950. The Kier molecular flexibility index (Phi) is 2.07. The van der Waals surface area contributed by atoms with Gasteiger partial charge in [-0.1, -0.05) is 6.07 Å². The lowest BCUT2D eigenvalue weighted by Gasteiger charge is -2.37. The van der Waals surface area contributed by atoms with Crippen molar-refractivity contribution in [3.05, 3.63) is 29.8 Å². The Balaban J connectivity index is 2.00. The zero-order valence-electron chi connectivity index (χ0n) is 7.35. The Labute approximate surface area is 80.0 Å². The van der Waals surface area contributed by atoms with Crippen molar-refractivity contribution in [2.75, 3.05) is 13.1 Å². The number of hydrogen-bond acceptors (Lipinski definition) is 2. The Hall–Kier alpha value is -1.65. The van der Waals surface area contributed by atoms with Crippen molar-refractivity contribution in [2.45, 2.75) is 5.92 Å². The molecule has 0 aromatic carbocycles. The molecule has 2 rings (SSSR count). The topological polar surface area (TPSA) is 53.4 Å². The molecular weight excluding hydrogens is 187 g/mol. The fraction of sp³-hybridized carbons (Fsp3) is 0.333. The van der Waals surface area contributed by atoms with Crippen LogP contribution < -0.4 is 0 Å². The lowest BCUT2D eigenvalue weighted by molar-refractivity contribution is 0.105. The van der Waals surface area contributed by atoms with E-state index in [2.05, 4.69) is 4.98 Å². The van der Waals surface area contributed by atoms with E-state index < -0.39 is 12.0 Å². The highest BCUT2D eigenvalue weighted by molar-refractivity contribution is 5.66. The Morgan fingerprint density at radius 1 is 1.57 bits per heavy atom. The molecule has 1 aliphatic rings. The van der Waals surface area contributed by atoms with Gasteiger partial charge in [-0.2, -0.15) is 4.39 Å². The fourth-order valence-corrected chi connectivity index (χ4v) is 1.47. The van der Waals surface area contributed by atoms with Gasteiger partial charge in [-0.3, -0.25) is 0 Å². The molecule has 0 unspecified atom stereocenters. The second-order valence-corrected chi connectivity index (χ2v) is 3.30. The van der Waals surface area contributed by atoms with E-state index in [1.54, 1.807) is 6.07 Å². The lowest BCUT2D eigenvalue weighted by atomic mass is 9.93. The van der Waals surface area contributed by atoms with Gasteiger partial charge in [0.25, 0.3) is 0 Å². The summed E-state index contributed by atoms with van der Waals surface area (Å²) >= 11 is 0. The number of likely N-dealkylation sites (tertiary alicyclic amines) is 1.